The van der Waals surface area contributed by atoms with Gasteiger partial charge in [-0.1, -0.05) is 12.2 Å². The van der Waals surface area contributed by atoms with Gasteiger partial charge in [0.25, 0.3) is 0 Å². The quantitative estimate of drug-likeness (QED) is 0.876. The lowest BCUT2D eigenvalue weighted by atomic mass is 10.3. The summed E-state index contributed by atoms with van der Waals surface area (Å²) in [6.45, 7) is 3.38. The smallest absolute Gasteiger partial charge is 0.125 e. The molecule has 0 amide bonds. The van der Waals surface area contributed by atoms with Crippen LogP contribution in [0.4, 0.5) is 4.39 Å². The molecule has 1 saturated heterocycles. The molecular weight excluding hydrogens is 275 g/mol. The molecule has 6 heteroatoms. The van der Waals surface area contributed by atoms with Gasteiger partial charge in [0.1, 0.15) is 11.6 Å². The van der Waals surface area contributed by atoms with Crippen molar-refractivity contribution in [1.29, 1.82) is 0 Å². The molecule has 3 rings (SSSR count). The van der Waals surface area contributed by atoms with Gasteiger partial charge in [-0.25, -0.2) is 9.37 Å². The Bertz CT molecular complexity index is 646. The molecule has 1 aliphatic heterocycles. The number of nitrogens with zero attached hydrogens (tertiary/aromatic N) is 3. The van der Waals surface area contributed by atoms with Crippen molar-refractivity contribution >= 4 is 28.2 Å². The third-order valence-corrected chi connectivity index (χ3v) is 3.80. The predicted molar refractivity (Wildman–Crippen MR) is 81.0 cm³/mol. The molecule has 1 fully saturated rings. The maximum absolute atomic E-state index is 13.3. The first-order chi connectivity index (χ1) is 9.63. The maximum atomic E-state index is 13.3. The molecule has 2 heterocycles. The van der Waals surface area contributed by atoms with Crippen molar-refractivity contribution < 1.29 is 4.39 Å². The van der Waals surface area contributed by atoms with Crippen LogP contribution in [0, 0.1) is 5.82 Å². The Morgan fingerprint density at radius 1 is 1.35 bits per heavy atom. The SMILES string of the molecule is NC(=S)Cn1c(CN2CCCC2)nc2cc(F)ccc21. The number of nitrogens with two attached hydrogens (primary N) is 1. The fourth-order valence-electron chi connectivity index (χ4n) is 2.75. The fraction of sp³-hybridized carbons (Fsp3) is 0.429. The molecule has 0 unspecified atom stereocenters. The van der Waals surface area contributed by atoms with E-state index in [-0.39, 0.29) is 5.82 Å². The number of aromatic nitrogens is 2. The molecule has 1 aromatic heterocycles. The summed E-state index contributed by atoms with van der Waals surface area (Å²) in [5, 5.41) is 0. The van der Waals surface area contributed by atoms with Crippen molar-refractivity contribution in [1.82, 2.24) is 14.5 Å². The van der Waals surface area contributed by atoms with E-state index in [1.165, 1.54) is 25.0 Å². The summed E-state index contributed by atoms with van der Waals surface area (Å²) >= 11 is 5.02. The number of thiocarbonyl (C=S) groups is 1. The van der Waals surface area contributed by atoms with Crippen molar-refractivity contribution in [2.45, 2.75) is 25.9 Å². The van der Waals surface area contributed by atoms with Gasteiger partial charge < -0.3 is 10.3 Å². The number of hydrogen-bond donors (Lipinski definition) is 1. The van der Waals surface area contributed by atoms with Gasteiger partial charge in [0.05, 0.1) is 29.1 Å². The van der Waals surface area contributed by atoms with Crippen LogP contribution in [-0.2, 0) is 13.1 Å². The third-order valence-electron chi connectivity index (χ3n) is 3.67. The van der Waals surface area contributed by atoms with Crippen LogP contribution in [0.3, 0.4) is 0 Å². The number of fused-ring (bicyclic) bond motifs is 1. The number of halogens is 1. The Balaban J connectivity index is 2.01. The molecule has 1 aliphatic rings. The second-order valence-corrected chi connectivity index (χ2v) is 5.72. The maximum Gasteiger partial charge on any atom is 0.125 e. The van der Waals surface area contributed by atoms with Crippen LogP contribution in [0.15, 0.2) is 18.2 Å². The van der Waals surface area contributed by atoms with E-state index < -0.39 is 0 Å². The fourth-order valence-corrected chi connectivity index (χ4v) is 2.88. The molecule has 2 aromatic rings. The zero-order valence-corrected chi connectivity index (χ0v) is 12.0. The molecule has 0 radical (unpaired) electrons. The first kappa shape index (κ1) is 13.5. The number of imidazole rings is 1. The van der Waals surface area contributed by atoms with E-state index in [1.54, 1.807) is 6.07 Å². The van der Waals surface area contributed by atoms with Gasteiger partial charge in [0.2, 0.25) is 0 Å². The standard InChI is InChI=1S/C14H17FN4S/c15-10-3-4-12-11(7-10)17-14(19(12)8-13(16)20)9-18-5-1-2-6-18/h3-4,7H,1-2,5-6,8-9H2,(H2,16,20). The van der Waals surface area contributed by atoms with Gasteiger partial charge in [-0.05, 0) is 38.1 Å². The van der Waals surface area contributed by atoms with Gasteiger partial charge >= 0.3 is 0 Å². The van der Waals surface area contributed by atoms with Crippen molar-refractivity contribution in [3.8, 4) is 0 Å². The molecule has 4 nitrogen and oxygen atoms in total. The molecule has 0 saturated carbocycles. The predicted octanol–water partition coefficient (Wildman–Crippen LogP) is 2.06. The van der Waals surface area contributed by atoms with Gasteiger partial charge in [-0.15, -0.1) is 0 Å². The highest BCUT2D eigenvalue weighted by Gasteiger charge is 2.17. The summed E-state index contributed by atoms with van der Waals surface area (Å²) < 4.78 is 15.3. The van der Waals surface area contributed by atoms with E-state index >= 15 is 0 Å². The summed E-state index contributed by atoms with van der Waals surface area (Å²) in [4.78, 5) is 7.32. The van der Waals surface area contributed by atoms with Gasteiger partial charge in [-0.3, -0.25) is 4.90 Å². The van der Waals surface area contributed by atoms with E-state index in [0.29, 0.717) is 17.0 Å². The van der Waals surface area contributed by atoms with Crippen LogP contribution in [0.25, 0.3) is 11.0 Å². The molecule has 2 N–H and O–H groups in total. The van der Waals surface area contributed by atoms with Crippen LogP contribution in [0.2, 0.25) is 0 Å². The topological polar surface area (TPSA) is 47.1 Å². The molecular formula is C14H17FN4S. The van der Waals surface area contributed by atoms with E-state index in [0.717, 1.165) is 31.0 Å². The number of rotatable bonds is 4. The van der Waals surface area contributed by atoms with E-state index in [1.807, 2.05) is 4.57 Å². The Hall–Kier alpha value is -1.53. The monoisotopic (exact) mass is 292 g/mol. The second kappa shape index (κ2) is 5.46. The second-order valence-electron chi connectivity index (χ2n) is 5.20. The van der Waals surface area contributed by atoms with Gasteiger partial charge in [-0.2, -0.15) is 0 Å². The summed E-state index contributed by atoms with van der Waals surface area (Å²) in [5.41, 5.74) is 7.22. The minimum Gasteiger partial charge on any atom is -0.392 e. The third kappa shape index (κ3) is 2.66. The molecule has 0 bridgehead atoms. The molecule has 20 heavy (non-hydrogen) atoms. The molecule has 0 aliphatic carbocycles. The van der Waals surface area contributed by atoms with Crippen LogP contribution in [-0.4, -0.2) is 32.5 Å². The van der Waals surface area contributed by atoms with Crippen LogP contribution in [0.5, 0.6) is 0 Å². The van der Waals surface area contributed by atoms with Crippen molar-refractivity contribution in [3.05, 3.63) is 29.8 Å². The Labute approximate surface area is 122 Å². The first-order valence-corrected chi connectivity index (χ1v) is 7.19. The van der Waals surface area contributed by atoms with E-state index in [4.69, 9.17) is 18.0 Å². The van der Waals surface area contributed by atoms with E-state index in [9.17, 15) is 4.39 Å². The lowest BCUT2D eigenvalue weighted by molar-refractivity contribution is 0.319. The molecule has 106 valence electrons. The van der Waals surface area contributed by atoms with Gasteiger partial charge in [0.15, 0.2) is 0 Å². The Morgan fingerprint density at radius 2 is 2.10 bits per heavy atom. The number of likely N-dealkylation sites (tertiary alicyclic amines) is 1. The zero-order chi connectivity index (χ0) is 14.1. The summed E-state index contributed by atoms with van der Waals surface area (Å²) in [6.07, 6.45) is 2.45. The minimum absolute atomic E-state index is 0.273. The van der Waals surface area contributed by atoms with Crippen LogP contribution < -0.4 is 5.73 Å². The molecule has 1 aromatic carbocycles. The van der Waals surface area contributed by atoms with Crippen molar-refractivity contribution in [3.63, 3.8) is 0 Å². The number of benzene rings is 1. The summed E-state index contributed by atoms with van der Waals surface area (Å²) in [7, 11) is 0. The average molecular weight is 292 g/mol. The van der Waals surface area contributed by atoms with Crippen LogP contribution >= 0.6 is 12.2 Å². The normalized spacial score (nSPS) is 16.1. The largest absolute Gasteiger partial charge is 0.392 e. The lowest BCUT2D eigenvalue weighted by Crippen LogP contribution is -2.24. The molecule has 0 spiro atoms. The average Bonchev–Trinajstić information content (AvgIpc) is 2.98. The zero-order valence-electron chi connectivity index (χ0n) is 11.2. The van der Waals surface area contributed by atoms with E-state index in [2.05, 4.69) is 9.88 Å². The summed E-state index contributed by atoms with van der Waals surface area (Å²) in [6, 6.07) is 4.64. The van der Waals surface area contributed by atoms with Crippen molar-refractivity contribution in [2.24, 2.45) is 5.73 Å². The minimum atomic E-state index is -0.273. The molecule has 0 atom stereocenters. The Kier molecular flexibility index (Phi) is 3.67. The van der Waals surface area contributed by atoms with Crippen molar-refractivity contribution in [2.75, 3.05) is 13.1 Å². The van der Waals surface area contributed by atoms with Gasteiger partial charge in [0, 0.05) is 6.07 Å². The highest BCUT2D eigenvalue weighted by molar-refractivity contribution is 7.80. The lowest BCUT2D eigenvalue weighted by Gasteiger charge is -2.15. The number of hydrogen-bond acceptors (Lipinski definition) is 3. The van der Waals surface area contributed by atoms with Crippen LogP contribution in [0.1, 0.15) is 18.7 Å². The first-order valence-electron chi connectivity index (χ1n) is 6.79. The summed E-state index contributed by atoms with van der Waals surface area (Å²) in [5.74, 6) is 0.630. The Morgan fingerprint density at radius 3 is 2.80 bits per heavy atom. The highest BCUT2D eigenvalue weighted by atomic mass is 32.1. The highest BCUT2D eigenvalue weighted by Crippen LogP contribution is 2.20.